The maximum atomic E-state index is 13.3. The van der Waals surface area contributed by atoms with E-state index in [1.54, 1.807) is 12.1 Å². The summed E-state index contributed by atoms with van der Waals surface area (Å²) in [5, 5.41) is 14.1. The lowest BCUT2D eigenvalue weighted by Crippen LogP contribution is -2.13. The summed E-state index contributed by atoms with van der Waals surface area (Å²) in [6, 6.07) is 4.77. The topological polar surface area (TPSA) is 70.6 Å². The molecule has 0 saturated heterocycles. The van der Waals surface area contributed by atoms with Crippen LogP contribution in [0.4, 0.5) is 10.1 Å². The van der Waals surface area contributed by atoms with Gasteiger partial charge in [-0.1, -0.05) is 11.2 Å². The van der Waals surface area contributed by atoms with Crippen molar-refractivity contribution in [1.82, 2.24) is 0 Å². The number of nitrogens with two attached hydrogens (primary N) is 1. The molecular weight excluding hydrogens is 277 g/mol. The van der Waals surface area contributed by atoms with Gasteiger partial charge in [0.05, 0.1) is 5.69 Å². The molecule has 0 heterocycles. The van der Waals surface area contributed by atoms with Gasteiger partial charge in [0.1, 0.15) is 11.7 Å². The van der Waals surface area contributed by atoms with Gasteiger partial charge in [-0.25, -0.2) is 4.39 Å². The predicted molar refractivity (Wildman–Crippen MR) is 65.2 cm³/mol. The van der Waals surface area contributed by atoms with Gasteiger partial charge in [-0.15, -0.1) is 0 Å². The fourth-order valence-electron chi connectivity index (χ4n) is 1.20. The highest BCUT2D eigenvalue weighted by Crippen LogP contribution is 2.24. The average Bonchev–Trinajstić information content (AvgIpc) is 2.27. The Hall–Kier alpha value is -1.30. The van der Waals surface area contributed by atoms with E-state index in [0.29, 0.717) is 29.5 Å². The fourth-order valence-corrected chi connectivity index (χ4v) is 1.68. The average molecular weight is 290 g/mol. The molecule has 0 saturated carbocycles. The molecule has 0 fully saturated rings. The Morgan fingerprint density at radius 2 is 2.31 bits per heavy atom. The first kappa shape index (κ1) is 12.8. The van der Waals surface area contributed by atoms with E-state index in [1.807, 2.05) is 0 Å². The lowest BCUT2D eigenvalue weighted by Gasteiger charge is -2.08. The van der Waals surface area contributed by atoms with Gasteiger partial charge in [-0.2, -0.15) is 0 Å². The van der Waals surface area contributed by atoms with E-state index in [1.165, 1.54) is 6.07 Å². The van der Waals surface area contributed by atoms with Crippen molar-refractivity contribution in [2.75, 3.05) is 11.9 Å². The second-order valence-corrected chi connectivity index (χ2v) is 4.07. The third-order valence-electron chi connectivity index (χ3n) is 2.00. The standard InChI is InChI=1S/C10H13BrFN3O/c11-7-3-1-4-8(12)10(7)14-6-2-5-9(13)15-16/h1,3-4,14,16H,2,5-6H2,(H2,13,15). The number of anilines is 1. The van der Waals surface area contributed by atoms with Gasteiger partial charge in [-0.3, -0.25) is 0 Å². The van der Waals surface area contributed by atoms with E-state index in [-0.39, 0.29) is 11.7 Å². The lowest BCUT2D eigenvalue weighted by atomic mass is 10.2. The number of halogens is 2. The predicted octanol–water partition coefficient (Wildman–Crippen LogP) is 2.53. The number of oxime groups is 1. The Kier molecular flexibility index (Phi) is 5.04. The number of para-hydroxylation sites is 1. The number of benzene rings is 1. The van der Waals surface area contributed by atoms with Gasteiger partial charge >= 0.3 is 0 Å². The molecule has 4 nitrogen and oxygen atoms in total. The third-order valence-corrected chi connectivity index (χ3v) is 2.66. The Morgan fingerprint density at radius 3 is 2.94 bits per heavy atom. The van der Waals surface area contributed by atoms with Crippen molar-refractivity contribution < 1.29 is 9.60 Å². The number of nitrogens with zero attached hydrogens (tertiary/aromatic N) is 1. The van der Waals surface area contributed by atoms with Gasteiger partial charge in [-0.05, 0) is 34.5 Å². The van der Waals surface area contributed by atoms with Crippen molar-refractivity contribution in [2.24, 2.45) is 10.9 Å². The van der Waals surface area contributed by atoms with Crippen molar-refractivity contribution >= 4 is 27.5 Å². The molecule has 0 bridgehead atoms. The molecule has 6 heteroatoms. The van der Waals surface area contributed by atoms with Crippen molar-refractivity contribution in [3.63, 3.8) is 0 Å². The van der Waals surface area contributed by atoms with Crippen LogP contribution in [0.15, 0.2) is 27.8 Å². The smallest absolute Gasteiger partial charge is 0.147 e. The Balaban J connectivity index is 2.43. The molecule has 1 aromatic carbocycles. The molecule has 0 aliphatic heterocycles. The monoisotopic (exact) mass is 289 g/mol. The van der Waals surface area contributed by atoms with Crippen LogP contribution in [0.2, 0.25) is 0 Å². The van der Waals surface area contributed by atoms with Crippen molar-refractivity contribution in [1.29, 1.82) is 0 Å². The lowest BCUT2D eigenvalue weighted by molar-refractivity contribution is 0.316. The SMILES string of the molecule is N/C(CCCNc1c(F)cccc1Br)=N/O. The van der Waals surface area contributed by atoms with E-state index >= 15 is 0 Å². The molecule has 4 N–H and O–H groups in total. The molecule has 0 atom stereocenters. The van der Waals surface area contributed by atoms with Crippen molar-refractivity contribution in [3.8, 4) is 0 Å². The molecule has 0 aromatic heterocycles. The Labute approximate surface area is 101 Å². The van der Waals surface area contributed by atoms with Crippen molar-refractivity contribution in [3.05, 3.63) is 28.5 Å². The zero-order chi connectivity index (χ0) is 12.0. The van der Waals surface area contributed by atoms with Crippen LogP contribution in [-0.4, -0.2) is 17.6 Å². The zero-order valence-corrected chi connectivity index (χ0v) is 10.2. The molecular formula is C10H13BrFN3O. The van der Waals surface area contributed by atoms with E-state index in [2.05, 4.69) is 26.4 Å². The molecule has 1 rings (SSSR count). The molecule has 88 valence electrons. The minimum Gasteiger partial charge on any atom is -0.409 e. The van der Waals surface area contributed by atoms with Crippen LogP contribution >= 0.6 is 15.9 Å². The Morgan fingerprint density at radius 1 is 1.56 bits per heavy atom. The van der Waals surface area contributed by atoms with E-state index < -0.39 is 0 Å². The van der Waals surface area contributed by atoms with Crippen LogP contribution in [-0.2, 0) is 0 Å². The summed E-state index contributed by atoms with van der Waals surface area (Å²) in [5.41, 5.74) is 5.73. The highest BCUT2D eigenvalue weighted by molar-refractivity contribution is 9.10. The van der Waals surface area contributed by atoms with Gasteiger partial charge in [0, 0.05) is 17.4 Å². The molecule has 0 unspecified atom stereocenters. The molecule has 0 radical (unpaired) electrons. The molecule has 0 amide bonds. The maximum absolute atomic E-state index is 13.3. The second-order valence-electron chi connectivity index (χ2n) is 3.22. The molecule has 0 aliphatic rings. The second kappa shape index (κ2) is 6.32. The summed E-state index contributed by atoms with van der Waals surface area (Å²) >= 11 is 3.25. The van der Waals surface area contributed by atoms with Gasteiger partial charge < -0.3 is 16.3 Å². The van der Waals surface area contributed by atoms with Gasteiger partial charge in [0.15, 0.2) is 0 Å². The molecule has 0 spiro atoms. The first-order valence-corrected chi connectivity index (χ1v) is 5.58. The number of amidine groups is 1. The number of nitrogens with one attached hydrogen (secondary N) is 1. The number of hydrogen-bond acceptors (Lipinski definition) is 3. The normalized spacial score (nSPS) is 11.5. The van der Waals surface area contributed by atoms with Gasteiger partial charge in [0.2, 0.25) is 0 Å². The minimum absolute atomic E-state index is 0.175. The molecule has 1 aromatic rings. The fraction of sp³-hybridized carbons (Fsp3) is 0.300. The Bertz CT molecular complexity index is 364. The maximum Gasteiger partial charge on any atom is 0.147 e. The summed E-state index contributed by atoms with van der Waals surface area (Å²) in [6.45, 7) is 0.551. The highest BCUT2D eigenvalue weighted by Gasteiger charge is 2.04. The summed E-state index contributed by atoms with van der Waals surface area (Å²) in [4.78, 5) is 0. The van der Waals surface area contributed by atoms with E-state index in [9.17, 15) is 4.39 Å². The highest BCUT2D eigenvalue weighted by atomic mass is 79.9. The number of rotatable bonds is 5. The summed E-state index contributed by atoms with van der Waals surface area (Å²) in [7, 11) is 0. The van der Waals surface area contributed by atoms with Gasteiger partial charge in [0.25, 0.3) is 0 Å². The van der Waals surface area contributed by atoms with E-state index in [0.717, 1.165) is 0 Å². The van der Waals surface area contributed by atoms with Crippen LogP contribution < -0.4 is 11.1 Å². The van der Waals surface area contributed by atoms with Crippen LogP contribution in [0, 0.1) is 5.82 Å². The number of hydrogen-bond donors (Lipinski definition) is 3. The zero-order valence-electron chi connectivity index (χ0n) is 8.58. The molecule has 0 aliphatic carbocycles. The minimum atomic E-state index is -0.307. The van der Waals surface area contributed by atoms with Crippen molar-refractivity contribution in [2.45, 2.75) is 12.8 Å². The quantitative estimate of drug-likeness (QED) is 0.256. The summed E-state index contributed by atoms with van der Waals surface area (Å²) in [5.74, 6) is -0.132. The summed E-state index contributed by atoms with van der Waals surface area (Å²) in [6.07, 6.45) is 1.13. The van der Waals surface area contributed by atoms with E-state index in [4.69, 9.17) is 10.9 Å². The van der Waals surface area contributed by atoms with Crippen LogP contribution in [0.25, 0.3) is 0 Å². The van der Waals surface area contributed by atoms with Crippen LogP contribution in [0.5, 0.6) is 0 Å². The third kappa shape index (κ3) is 3.69. The first-order chi connectivity index (χ1) is 7.65. The first-order valence-electron chi connectivity index (χ1n) is 4.79. The molecule has 16 heavy (non-hydrogen) atoms. The largest absolute Gasteiger partial charge is 0.409 e. The van der Waals surface area contributed by atoms with Crippen LogP contribution in [0.3, 0.4) is 0 Å². The van der Waals surface area contributed by atoms with Crippen LogP contribution in [0.1, 0.15) is 12.8 Å². The summed E-state index contributed by atoms with van der Waals surface area (Å²) < 4.78 is 14.0.